The highest BCUT2D eigenvalue weighted by Crippen LogP contribution is 2.42. The van der Waals surface area contributed by atoms with Gasteiger partial charge in [-0.25, -0.2) is 4.79 Å². The highest BCUT2D eigenvalue weighted by molar-refractivity contribution is 5.99. The molecule has 192 valence electrons. The molecule has 0 bridgehead atoms. The molecule has 1 atom stereocenters. The Morgan fingerprint density at radius 2 is 1.45 bits per heavy atom. The summed E-state index contributed by atoms with van der Waals surface area (Å²) in [7, 11) is 0. The van der Waals surface area contributed by atoms with Gasteiger partial charge in [-0.05, 0) is 59.4 Å². The van der Waals surface area contributed by atoms with E-state index < -0.39 is 17.5 Å². The van der Waals surface area contributed by atoms with Crippen molar-refractivity contribution in [3.63, 3.8) is 0 Å². The number of carboxylic acid groups (broad SMARTS) is 1. The van der Waals surface area contributed by atoms with Crippen LogP contribution in [0.2, 0.25) is 0 Å². The predicted octanol–water partition coefficient (Wildman–Crippen LogP) is 6.88. The molecule has 1 aliphatic rings. The Hall–Kier alpha value is -4.38. The molecule has 38 heavy (non-hydrogen) atoms. The lowest BCUT2D eigenvalue weighted by Gasteiger charge is -2.28. The average Bonchev–Trinajstić information content (AvgIpc) is 3.46. The second-order valence-corrected chi connectivity index (χ2v) is 9.85. The van der Waals surface area contributed by atoms with E-state index in [9.17, 15) is 14.7 Å². The summed E-state index contributed by atoms with van der Waals surface area (Å²) in [6.07, 6.45) is 3.10. The Morgan fingerprint density at radius 1 is 0.789 bits per heavy atom. The van der Waals surface area contributed by atoms with Gasteiger partial charge in [-0.1, -0.05) is 97.8 Å². The fraction of sp³-hybridized carbons (Fsp3) is 0.212. The fourth-order valence-electron chi connectivity index (χ4n) is 5.30. The summed E-state index contributed by atoms with van der Waals surface area (Å²) in [6, 6.07) is 34.7. The van der Waals surface area contributed by atoms with Crippen LogP contribution in [-0.4, -0.2) is 23.1 Å². The Morgan fingerprint density at radius 3 is 2.11 bits per heavy atom. The van der Waals surface area contributed by atoms with Crippen LogP contribution in [0, 0.1) is 0 Å². The summed E-state index contributed by atoms with van der Waals surface area (Å²) in [5, 5.41) is 12.8. The van der Waals surface area contributed by atoms with Crippen LogP contribution in [0.25, 0.3) is 11.1 Å². The molecule has 5 nitrogen and oxygen atoms in total. The zero-order chi connectivity index (χ0) is 26.4. The number of amides is 1. The minimum Gasteiger partial charge on any atom is -0.478 e. The number of hydrogen-bond donors (Lipinski definition) is 2. The van der Waals surface area contributed by atoms with Crippen molar-refractivity contribution in [2.45, 2.75) is 43.6 Å². The third kappa shape index (κ3) is 5.62. The first-order valence-electron chi connectivity index (χ1n) is 13.0. The van der Waals surface area contributed by atoms with Crippen LogP contribution < -0.4 is 10.1 Å². The van der Waals surface area contributed by atoms with Crippen molar-refractivity contribution in [1.82, 2.24) is 0 Å². The summed E-state index contributed by atoms with van der Waals surface area (Å²) >= 11 is 0. The molecule has 4 aromatic carbocycles. The Bertz CT molecular complexity index is 1380. The zero-order valence-electron chi connectivity index (χ0n) is 21.2. The van der Waals surface area contributed by atoms with E-state index in [2.05, 4.69) is 17.4 Å². The van der Waals surface area contributed by atoms with Crippen LogP contribution in [0.15, 0.2) is 109 Å². The molecule has 5 heteroatoms. The van der Waals surface area contributed by atoms with Gasteiger partial charge in [-0.15, -0.1) is 0 Å². The minimum absolute atomic E-state index is 0.0440. The number of rotatable bonds is 9. The van der Waals surface area contributed by atoms with Gasteiger partial charge in [-0.3, -0.25) is 4.79 Å². The first kappa shape index (κ1) is 25.3. The van der Waals surface area contributed by atoms with Gasteiger partial charge in [0.05, 0.1) is 5.41 Å². The van der Waals surface area contributed by atoms with Crippen LogP contribution >= 0.6 is 0 Å². The third-order valence-electron chi connectivity index (χ3n) is 7.35. The molecule has 1 fully saturated rings. The second-order valence-electron chi connectivity index (χ2n) is 9.85. The summed E-state index contributed by atoms with van der Waals surface area (Å²) in [5.74, 6) is -0.466. The monoisotopic (exact) mass is 505 g/mol. The van der Waals surface area contributed by atoms with Crippen molar-refractivity contribution < 1.29 is 19.4 Å². The molecule has 0 spiro atoms. The smallest absolute Gasteiger partial charge is 0.345 e. The number of carboxylic acids is 1. The van der Waals surface area contributed by atoms with Crippen LogP contribution in [0.4, 0.5) is 5.69 Å². The zero-order valence-corrected chi connectivity index (χ0v) is 21.2. The van der Waals surface area contributed by atoms with Crippen molar-refractivity contribution in [2.75, 3.05) is 5.32 Å². The van der Waals surface area contributed by atoms with E-state index in [4.69, 9.17) is 4.74 Å². The van der Waals surface area contributed by atoms with Gasteiger partial charge >= 0.3 is 5.97 Å². The minimum atomic E-state index is -1.00. The maximum Gasteiger partial charge on any atom is 0.345 e. The molecule has 4 aromatic rings. The Kier molecular flexibility index (Phi) is 7.55. The summed E-state index contributed by atoms with van der Waals surface area (Å²) in [4.78, 5) is 25.3. The number of aliphatic carboxylic acids is 1. The SMILES string of the molecule is O=C(O)C(Cc1ccccc1)Oc1cccc(-c2ccc(NC(=O)C3(c4ccccc4)CCCC3)cc2)c1. The Balaban J connectivity index is 1.29. The summed E-state index contributed by atoms with van der Waals surface area (Å²) in [5.41, 5.74) is 4.10. The molecule has 0 aromatic heterocycles. The predicted molar refractivity (Wildman–Crippen MR) is 149 cm³/mol. The Labute approximate surface area is 223 Å². The number of carbonyl (C=O) groups is 2. The van der Waals surface area contributed by atoms with Crippen molar-refractivity contribution >= 4 is 17.6 Å². The number of nitrogens with one attached hydrogen (secondary N) is 1. The quantitative estimate of drug-likeness (QED) is 0.260. The van der Waals surface area contributed by atoms with Gasteiger partial charge in [0.15, 0.2) is 6.10 Å². The van der Waals surface area contributed by atoms with Crippen molar-refractivity contribution in [2.24, 2.45) is 0 Å². The van der Waals surface area contributed by atoms with Crippen LogP contribution in [0.5, 0.6) is 5.75 Å². The topological polar surface area (TPSA) is 75.6 Å². The van der Waals surface area contributed by atoms with Gasteiger partial charge in [0, 0.05) is 12.1 Å². The van der Waals surface area contributed by atoms with Gasteiger partial charge in [0.2, 0.25) is 5.91 Å². The molecule has 0 heterocycles. The van der Waals surface area contributed by atoms with E-state index in [1.807, 2.05) is 91.0 Å². The van der Waals surface area contributed by atoms with Crippen LogP contribution in [0.1, 0.15) is 36.8 Å². The third-order valence-corrected chi connectivity index (χ3v) is 7.35. The van der Waals surface area contributed by atoms with E-state index in [1.165, 1.54) is 0 Å². The fourth-order valence-corrected chi connectivity index (χ4v) is 5.30. The van der Waals surface area contributed by atoms with Crippen LogP contribution in [-0.2, 0) is 21.4 Å². The summed E-state index contributed by atoms with van der Waals surface area (Å²) < 4.78 is 5.87. The lowest BCUT2D eigenvalue weighted by atomic mass is 9.78. The van der Waals surface area contributed by atoms with Gasteiger partial charge in [0.25, 0.3) is 0 Å². The number of anilines is 1. The molecule has 0 aliphatic heterocycles. The maximum absolute atomic E-state index is 13.4. The number of carbonyl (C=O) groups excluding carboxylic acids is 1. The molecule has 0 radical (unpaired) electrons. The molecule has 0 saturated heterocycles. The standard InChI is InChI=1S/C33H31NO4/c35-31(36)30(22-24-10-3-1-4-11-24)38-29-15-9-12-26(23-29)25-16-18-28(19-17-25)34-32(37)33(20-7-8-21-33)27-13-5-2-6-14-27/h1-6,9-19,23,30H,7-8,20-22H2,(H,34,37)(H,35,36). The second kappa shape index (κ2) is 11.3. The molecular weight excluding hydrogens is 474 g/mol. The number of ether oxygens (including phenoxy) is 1. The molecule has 1 amide bonds. The van der Waals surface area contributed by atoms with E-state index in [1.54, 1.807) is 6.07 Å². The molecule has 5 rings (SSSR count). The maximum atomic E-state index is 13.4. The average molecular weight is 506 g/mol. The van der Waals surface area contributed by atoms with Gasteiger partial charge in [-0.2, -0.15) is 0 Å². The first-order valence-corrected chi connectivity index (χ1v) is 13.0. The summed E-state index contributed by atoms with van der Waals surface area (Å²) in [6.45, 7) is 0. The molecule has 1 saturated carbocycles. The van der Waals surface area contributed by atoms with E-state index in [0.29, 0.717) is 5.75 Å². The molecule has 1 aliphatic carbocycles. The normalized spacial score (nSPS) is 14.9. The molecule has 2 N–H and O–H groups in total. The lowest BCUT2D eigenvalue weighted by molar-refractivity contribution is -0.145. The van der Waals surface area contributed by atoms with E-state index in [-0.39, 0.29) is 12.3 Å². The number of hydrogen-bond acceptors (Lipinski definition) is 3. The first-order chi connectivity index (χ1) is 18.5. The van der Waals surface area contributed by atoms with Gasteiger partial charge < -0.3 is 15.2 Å². The largest absolute Gasteiger partial charge is 0.478 e. The molecular formula is C33H31NO4. The highest BCUT2D eigenvalue weighted by atomic mass is 16.5. The van der Waals surface area contributed by atoms with Crippen LogP contribution in [0.3, 0.4) is 0 Å². The van der Waals surface area contributed by atoms with Crippen molar-refractivity contribution in [3.8, 4) is 16.9 Å². The lowest BCUT2D eigenvalue weighted by Crippen LogP contribution is -2.37. The van der Waals surface area contributed by atoms with E-state index >= 15 is 0 Å². The van der Waals surface area contributed by atoms with Crippen molar-refractivity contribution in [1.29, 1.82) is 0 Å². The van der Waals surface area contributed by atoms with Gasteiger partial charge in [0.1, 0.15) is 5.75 Å². The van der Waals surface area contributed by atoms with Crippen molar-refractivity contribution in [3.05, 3.63) is 120 Å². The molecule has 1 unspecified atom stereocenters. The highest BCUT2D eigenvalue weighted by Gasteiger charge is 2.42. The van der Waals surface area contributed by atoms with E-state index in [0.717, 1.165) is 53.6 Å². The number of benzene rings is 4.